The second-order valence-electron chi connectivity index (χ2n) is 14.6. The Labute approximate surface area is 377 Å². The van der Waals surface area contributed by atoms with Crippen molar-refractivity contribution >= 4 is 6.21 Å². The lowest BCUT2D eigenvalue weighted by atomic mass is 10.1. The maximum Gasteiger partial charge on any atom is 0.213 e. The average Bonchev–Trinajstić information content (AvgIpc) is 3.88. The topological polar surface area (TPSA) is 68.8 Å². The number of hydrogen-bond donors (Lipinski definition) is 0. The van der Waals surface area contributed by atoms with Gasteiger partial charge in [0.25, 0.3) is 0 Å². The summed E-state index contributed by atoms with van der Waals surface area (Å²) in [5.74, 6) is -4.81. The number of nitrogens with zero attached hydrogens (tertiary/aromatic N) is 6. The van der Waals surface area contributed by atoms with Crippen molar-refractivity contribution in [3.63, 3.8) is 0 Å². The minimum absolute atomic E-state index is 0.0856. The number of benzene rings is 3. The first kappa shape index (κ1) is 56.2. The zero-order valence-electron chi connectivity index (χ0n) is 38.5. The van der Waals surface area contributed by atoms with Crippen LogP contribution in [0.15, 0.2) is 133 Å². The van der Waals surface area contributed by atoms with E-state index in [1.54, 1.807) is 69.8 Å². The summed E-state index contributed by atoms with van der Waals surface area (Å²) in [6, 6.07) is 19.7. The molecular weight excluding hydrogens is 849 g/mol. The number of pyridine rings is 3. The lowest BCUT2D eigenvalue weighted by Crippen LogP contribution is -1.90. The fourth-order valence-corrected chi connectivity index (χ4v) is 4.79. The van der Waals surface area contributed by atoms with Crippen LogP contribution in [0.1, 0.15) is 57.1 Å². The molecule has 0 spiro atoms. The predicted octanol–water partition coefficient (Wildman–Crippen LogP) is 13.6. The Kier molecular flexibility index (Phi) is 26.2. The lowest BCUT2D eigenvalue weighted by Gasteiger charge is -1.96. The Balaban J connectivity index is 0.000000373. The van der Waals surface area contributed by atoms with E-state index < -0.39 is 23.4 Å². The third-order valence-corrected chi connectivity index (χ3v) is 8.06. The summed E-state index contributed by atoms with van der Waals surface area (Å²) in [4.78, 5) is 14.7. The van der Waals surface area contributed by atoms with Crippen molar-refractivity contribution in [3.8, 4) is 0 Å². The van der Waals surface area contributed by atoms with Gasteiger partial charge in [0.1, 0.15) is 23.3 Å². The Hall–Kier alpha value is -6.83. The smallest absolute Gasteiger partial charge is 0.213 e. The van der Waals surface area contributed by atoms with Crippen molar-refractivity contribution in [2.75, 3.05) is 6.54 Å². The minimum atomic E-state index is -1.41. The van der Waals surface area contributed by atoms with Crippen molar-refractivity contribution in [1.29, 1.82) is 0 Å². The molecular formula is C51H56F8N6. The highest BCUT2D eigenvalue weighted by Crippen LogP contribution is 2.12. The molecule has 0 atom stereocenters. The molecule has 0 unspecified atom stereocenters. The van der Waals surface area contributed by atoms with Gasteiger partial charge in [-0.15, -0.1) is 0 Å². The number of aryl methyl sites for hydroxylation is 10. The molecule has 1 aliphatic heterocycles. The van der Waals surface area contributed by atoms with E-state index in [0.29, 0.717) is 11.3 Å². The predicted molar refractivity (Wildman–Crippen MR) is 245 cm³/mol. The van der Waals surface area contributed by atoms with E-state index in [2.05, 4.69) is 38.0 Å². The van der Waals surface area contributed by atoms with E-state index in [0.717, 1.165) is 52.1 Å². The second-order valence-corrected chi connectivity index (χ2v) is 14.6. The standard InChI is InChI=1S/2C8H9F.C7H5F3.3C6H6FN.C5H8N2.C5H7N/c1-6-3-4-8(9)7(2)5-6;1-6-4-3-5-7(2)8(6)9;1-4-2-5(8)7(10)6(9)3-4;1-5-2-6(7)4-8-3-5;1-5-4-6(7)2-3-8-5;1-5-2-3-8-6(7)4-5;1-5-3-6-7(2)4-5;1-5-2-3-6-4-5/h2*3-5H,1-2H3;2-3H,1H3;3*2-4H,1H3;3-4H,1-2H3;2,4H,3H2,1H3. The van der Waals surface area contributed by atoms with Gasteiger partial charge in [-0.25, -0.2) is 35.7 Å². The second kappa shape index (κ2) is 30.3. The first-order valence-corrected chi connectivity index (χ1v) is 20.0. The zero-order valence-corrected chi connectivity index (χ0v) is 38.5. The molecule has 0 amide bonds. The Morgan fingerprint density at radius 1 is 0.492 bits per heavy atom. The molecule has 0 saturated heterocycles. The van der Waals surface area contributed by atoms with Gasteiger partial charge < -0.3 is 0 Å². The first-order chi connectivity index (χ1) is 30.6. The molecule has 0 radical (unpaired) electrons. The molecule has 0 aliphatic carbocycles. The van der Waals surface area contributed by atoms with Gasteiger partial charge in [0, 0.05) is 43.7 Å². The van der Waals surface area contributed by atoms with E-state index >= 15 is 0 Å². The van der Waals surface area contributed by atoms with Gasteiger partial charge >= 0.3 is 0 Å². The van der Waals surface area contributed by atoms with Crippen molar-refractivity contribution in [2.24, 2.45) is 12.0 Å². The molecule has 0 bridgehead atoms. The van der Waals surface area contributed by atoms with Crippen LogP contribution >= 0.6 is 0 Å². The van der Waals surface area contributed by atoms with E-state index in [9.17, 15) is 35.1 Å². The largest absolute Gasteiger partial charge is 0.289 e. The number of rotatable bonds is 0. The van der Waals surface area contributed by atoms with Crippen LogP contribution in [0.2, 0.25) is 0 Å². The van der Waals surface area contributed by atoms with Gasteiger partial charge in [0.2, 0.25) is 5.95 Å². The summed E-state index contributed by atoms with van der Waals surface area (Å²) in [6.45, 7) is 19.1. The van der Waals surface area contributed by atoms with E-state index in [-0.39, 0.29) is 23.3 Å². The summed E-state index contributed by atoms with van der Waals surface area (Å²) in [7, 11) is 1.91. The van der Waals surface area contributed by atoms with Gasteiger partial charge in [-0.1, -0.05) is 42.0 Å². The molecule has 5 heterocycles. The molecule has 4 aromatic heterocycles. The monoisotopic (exact) mass is 904 g/mol. The Morgan fingerprint density at radius 3 is 1.45 bits per heavy atom. The summed E-state index contributed by atoms with van der Waals surface area (Å²) in [5, 5.41) is 3.93. The zero-order chi connectivity index (χ0) is 49.1. The molecule has 1 aliphatic rings. The maximum absolute atomic E-state index is 12.7. The average molecular weight is 905 g/mol. The molecule has 0 N–H and O–H groups in total. The summed E-state index contributed by atoms with van der Waals surface area (Å²) in [6.07, 6.45) is 13.5. The van der Waals surface area contributed by atoms with Crippen LogP contribution in [-0.2, 0) is 7.05 Å². The highest BCUT2D eigenvalue weighted by Gasteiger charge is 2.07. The fourth-order valence-electron chi connectivity index (χ4n) is 4.79. The van der Waals surface area contributed by atoms with Crippen molar-refractivity contribution < 1.29 is 35.1 Å². The fraction of sp³-hybridized carbons (Fsp3) is 0.235. The van der Waals surface area contributed by atoms with Gasteiger partial charge in [0.05, 0.1) is 18.9 Å². The van der Waals surface area contributed by atoms with Gasteiger partial charge in [-0.2, -0.15) is 9.49 Å². The Morgan fingerprint density at radius 2 is 1.11 bits per heavy atom. The van der Waals surface area contributed by atoms with E-state index in [4.69, 9.17) is 0 Å². The van der Waals surface area contributed by atoms with Crippen LogP contribution in [0.25, 0.3) is 0 Å². The molecule has 14 heteroatoms. The summed E-state index contributed by atoms with van der Waals surface area (Å²) >= 11 is 0. The van der Waals surface area contributed by atoms with Crippen LogP contribution < -0.4 is 0 Å². The molecule has 3 aromatic carbocycles. The highest BCUT2D eigenvalue weighted by molar-refractivity contribution is 5.79. The maximum atomic E-state index is 12.7. The van der Waals surface area contributed by atoms with Crippen LogP contribution in [0, 0.1) is 109 Å². The minimum Gasteiger partial charge on any atom is -0.289 e. The van der Waals surface area contributed by atoms with E-state index in [1.807, 2.05) is 58.6 Å². The molecule has 0 saturated carbocycles. The summed E-state index contributed by atoms with van der Waals surface area (Å²) < 4.78 is 99.9. The first-order valence-electron chi connectivity index (χ1n) is 20.0. The molecule has 7 aromatic rings. The van der Waals surface area contributed by atoms with Gasteiger partial charge in [-0.05, 0) is 162 Å². The van der Waals surface area contributed by atoms with Gasteiger partial charge in [-0.3, -0.25) is 19.6 Å². The number of hydrogen-bond acceptors (Lipinski definition) is 5. The number of allylic oxidation sites excluding steroid dienone is 1. The van der Waals surface area contributed by atoms with Crippen molar-refractivity contribution in [3.05, 3.63) is 225 Å². The van der Waals surface area contributed by atoms with Crippen LogP contribution in [0.5, 0.6) is 0 Å². The molecule has 65 heavy (non-hydrogen) atoms. The molecule has 8 rings (SSSR count). The number of aromatic nitrogens is 5. The SMILES string of the molecule is CC1=CCN=C1.Cc1cc(F)c(F)c(F)c1.Cc1cc(F)ccn1.Cc1ccc(F)c(C)c1.Cc1cccc(C)c1F.Cc1ccnc(F)c1.Cc1cncc(F)c1.Cc1cnn(C)c1. The molecule has 0 fully saturated rings. The van der Waals surface area contributed by atoms with E-state index in [1.165, 1.54) is 67.0 Å². The number of aliphatic imine (C=N–C) groups is 1. The normalized spacial score (nSPS) is 10.4. The molecule has 346 valence electrons. The quantitative estimate of drug-likeness (QED) is 0.0864. The lowest BCUT2D eigenvalue weighted by molar-refractivity contribution is 0.446. The Bertz CT molecular complexity index is 2340. The third kappa shape index (κ3) is 25.8. The number of halogens is 8. The van der Waals surface area contributed by atoms with Gasteiger partial charge in [0.15, 0.2) is 17.5 Å². The van der Waals surface area contributed by atoms with Crippen LogP contribution in [0.4, 0.5) is 35.1 Å². The van der Waals surface area contributed by atoms with Crippen molar-refractivity contribution in [2.45, 2.75) is 69.2 Å². The highest BCUT2D eigenvalue weighted by atomic mass is 19.2. The molecule has 6 nitrogen and oxygen atoms in total. The summed E-state index contributed by atoms with van der Waals surface area (Å²) in [5.41, 5.74) is 8.59. The van der Waals surface area contributed by atoms with Crippen molar-refractivity contribution in [1.82, 2.24) is 24.7 Å². The third-order valence-electron chi connectivity index (χ3n) is 8.06. The van der Waals surface area contributed by atoms with Crippen LogP contribution in [-0.4, -0.2) is 37.5 Å². The van der Waals surface area contributed by atoms with Crippen LogP contribution in [0.3, 0.4) is 0 Å².